The molecule has 0 spiro atoms. The molecule has 8 nitrogen and oxygen atoms in total. The van der Waals surface area contributed by atoms with Gasteiger partial charge in [-0.15, -0.1) is 0 Å². The van der Waals surface area contributed by atoms with Crippen LogP contribution in [0.5, 0.6) is 0 Å². The van der Waals surface area contributed by atoms with E-state index in [1.807, 2.05) is 6.26 Å². The predicted octanol–water partition coefficient (Wildman–Crippen LogP) is 1.31. The highest BCUT2D eigenvalue weighted by molar-refractivity contribution is 7.98. The molecular formula is C15H23N5O3S. The zero-order valence-electron chi connectivity index (χ0n) is 13.9. The van der Waals surface area contributed by atoms with Crippen molar-refractivity contribution in [3.05, 3.63) is 20.8 Å². The van der Waals surface area contributed by atoms with Gasteiger partial charge in [0.2, 0.25) is 5.95 Å². The topological polar surface area (TPSA) is 108 Å². The number of hydrogen-bond acceptors (Lipinski definition) is 6. The largest absolute Gasteiger partial charge is 0.369 e. The van der Waals surface area contributed by atoms with Crippen LogP contribution >= 0.6 is 11.8 Å². The van der Waals surface area contributed by atoms with Crippen molar-refractivity contribution in [2.24, 2.45) is 0 Å². The first kappa shape index (κ1) is 17.1. The van der Waals surface area contributed by atoms with Gasteiger partial charge in [0.25, 0.3) is 5.56 Å². The van der Waals surface area contributed by atoms with Gasteiger partial charge in [-0.25, -0.2) is 9.36 Å². The van der Waals surface area contributed by atoms with E-state index in [2.05, 4.69) is 16.9 Å². The van der Waals surface area contributed by atoms with Gasteiger partial charge in [-0.3, -0.25) is 14.3 Å². The number of aromatic nitrogens is 4. The standard InChI is InChI=1S/C15H23N5O3S/c1-3-4-9-5-6-10(23-9)20-12-11(13(21)18-14(16)17-12)19(15(20)22)7-8-24-2/h9-10H,3-8H2,1-2H3,(H3,16,17,18,21). The molecule has 3 rings (SSSR count). The Bertz CT molecular complexity index is 840. The van der Waals surface area contributed by atoms with Gasteiger partial charge in [-0.05, 0) is 25.5 Å². The SMILES string of the molecule is CCCC1CCC(n2c(=O)n(CCSC)c3c(=O)[nH]c(N)nc32)O1. The number of nitrogens with zero attached hydrogens (tertiary/aromatic N) is 3. The Hall–Kier alpha value is -1.74. The van der Waals surface area contributed by atoms with Gasteiger partial charge in [0.15, 0.2) is 11.2 Å². The Morgan fingerprint density at radius 1 is 1.42 bits per heavy atom. The van der Waals surface area contributed by atoms with E-state index in [0.717, 1.165) is 31.4 Å². The lowest BCUT2D eigenvalue weighted by molar-refractivity contribution is -0.00163. The number of imidazole rings is 1. The van der Waals surface area contributed by atoms with Crippen molar-refractivity contribution in [1.82, 2.24) is 19.1 Å². The lowest BCUT2D eigenvalue weighted by atomic mass is 10.1. The number of anilines is 1. The second-order valence-corrected chi connectivity index (χ2v) is 6.98. The van der Waals surface area contributed by atoms with Crippen molar-refractivity contribution in [3.63, 3.8) is 0 Å². The summed E-state index contributed by atoms with van der Waals surface area (Å²) >= 11 is 1.61. The average molecular weight is 353 g/mol. The molecule has 24 heavy (non-hydrogen) atoms. The molecule has 1 aliphatic rings. The van der Waals surface area contributed by atoms with Crippen molar-refractivity contribution in [2.75, 3.05) is 17.7 Å². The van der Waals surface area contributed by atoms with E-state index < -0.39 is 5.56 Å². The predicted molar refractivity (Wildman–Crippen MR) is 95.5 cm³/mol. The van der Waals surface area contributed by atoms with Gasteiger partial charge in [0.05, 0.1) is 6.10 Å². The molecule has 2 atom stereocenters. The third kappa shape index (κ3) is 2.98. The minimum Gasteiger partial charge on any atom is -0.369 e. The summed E-state index contributed by atoms with van der Waals surface area (Å²) in [5.41, 5.74) is 5.62. The van der Waals surface area contributed by atoms with Crippen LogP contribution in [0, 0.1) is 0 Å². The number of aromatic amines is 1. The lowest BCUT2D eigenvalue weighted by Crippen LogP contribution is -2.29. The maximum Gasteiger partial charge on any atom is 0.332 e. The monoisotopic (exact) mass is 353 g/mol. The molecule has 0 amide bonds. The minimum atomic E-state index is -0.391. The Kier molecular flexibility index (Phi) is 5.00. The van der Waals surface area contributed by atoms with Crippen LogP contribution in [0.2, 0.25) is 0 Å². The first-order chi connectivity index (χ1) is 11.6. The maximum absolute atomic E-state index is 12.9. The van der Waals surface area contributed by atoms with Gasteiger partial charge in [-0.1, -0.05) is 13.3 Å². The molecule has 2 unspecified atom stereocenters. The first-order valence-electron chi connectivity index (χ1n) is 8.21. The van der Waals surface area contributed by atoms with E-state index in [4.69, 9.17) is 10.5 Å². The van der Waals surface area contributed by atoms with Crippen LogP contribution in [0.4, 0.5) is 5.95 Å². The second kappa shape index (κ2) is 7.02. The van der Waals surface area contributed by atoms with Crippen LogP contribution in [0.3, 0.4) is 0 Å². The number of nitrogen functional groups attached to an aromatic ring is 1. The van der Waals surface area contributed by atoms with E-state index in [0.29, 0.717) is 12.2 Å². The first-order valence-corrected chi connectivity index (χ1v) is 9.61. The van der Waals surface area contributed by atoms with Gasteiger partial charge in [-0.2, -0.15) is 16.7 Å². The summed E-state index contributed by atoms with van der Waals surface area (Å²) in [4.78, 5) is 31.9. The smallest absolute Gasteiger partial charge is 0.332 e. The van der Waals surface area contributed by atoms with E-state index in [1.165, 1.54) is 9.13 Å². The third-order valence-electron chi connectivity index (χ3n) is 4.33. The van der Waals surface area contributed by atoms with Crippen molar-refractivity contribution >= 4 is 28.9 Å². The highest BCUT2D eigenvalue weighted by Gasteiger charge is 2.31. The molecular weight excluding hydrogens is 330 g/mol. The lowest BCUT2D eigenvalue weighted by Gasteiger charge is -2.14. The van der Waals surface area contributed by atoms with Crippen LogP contribution in [0.25, 0.3) is 11.2 Å². The van der Waals surface area contributed by atoms with Crippen LogP contribution in [0.1, 0.15) is 38.8 Å². The summed E-state index contributed by atoms with van der Waals surface area (Å²) in [6.07, 6.45) is 5.36. The Morgan fingerprint density at radius 3 is 2.92 bits per heavy atom. The summed E-state index contributed by atoms with van der Waals surface area (Å²) in [6.45, 7) is 2.56. The molecule has 1 fully saturated rings. The van der Waals surface area contributed by atoms with Gasteiger partial charge < -0.3 is 10.5 Å². The molecule has 132 valence electrons. The van der Waals surface area contributed by atoms with Crippen molar-refractivity contribution < 1.29 is 4.74 Å². The summed E-state index contributed by atoms with van der Waals surface area (Å²) < 4.78 is 9.00. The van der Waals surface area contributed by atoms with Crippen molar-refractivity contribution in [2.45, 2.75) is 51.5 Å². The van der Waals surface area contributed by atoms with Gasteiger partial charge in [0.1, 0.15) is 6.23 Å². The summed E-state index contributed by atoms with van der Waals surface area (Å²) in [5, 5.41) is 0. The quantitative estimate of drug-likeness (QED) is 0.811. The van der Waals surface area contributed by atoms with Crippen LogP contribution in [-0.2, 0) is 11.3 Å². The minimum absolute atomic E-state index is 0.00590. The molecule has 0 aliphatic carbocycles. The Labute approximate surface area is 143 Å². The number of nitrogens with two attached hydrogens (primary N) is 1. The molecule has 0 aromatic carbocycles. The Morgan fingerprint density at radius 2 is 2.21 bits per heavy atom. The fraction of sp³-hybridized carbons (Fsp3) is 0.667. The number of fused-ring (bicyclic) bond motifs is 1. The van der Waals surface area contributed by atoms with Gasteiger partial charge in [0, 0.05) is 12.3 Å². The molecule has 3 heterocycles. The van der Waals surface area contributed by atoms with Crippen LogP contribution in [-0.4, -0.2) is 37.2 Å². The van der Waals surface area contributed by atoms with E-state index in [-0.39, 0.29) is 29.5 Å². The summed E-state index contributed by atoms with van der Waals surface area (Å²) in [5.74, 6) is 0.735. The molecule has 1 saturated heterocycles. The van der Waals surface area contributed by atoms with Crippen LogP contribution < -0.4 is 17.0 Å². The average Bonchev–Trinajstić information content (AvgIpc) is 3.08. The number of thioether (sulfide) groups is 1. The molecule has 0 bridgehead atoms. The molecule has 2 aromatic heterocycles. The summed E-state index contributed by atoms with van der Waals surface area (Å²) in [7, 11) is 0. The van der Waals surface area contributed by atoms with Crippen LogP contribution in [0.15, 0.2) is 9.59 Å². The number of hydrogen-bond donors (Lipinski definition) is 2. The third-order valence-corrected chi connectivity index (χ3v) is 4.92. The van der Waals surface area contributed by atoms with Gasteiger partial charge >= 0.3 is 5.69 Å². The molecule has 1 aliphatic heterocycles. The van der Waals surface area contributed by atoms with E-state index in [9.17, 15) is 9.59 Å². The number of H-pyrrole nitrogens is 1. The maximum atomic E-state index is 12.9. The highest BCUT2D eigenvalue weighted by atomic mass is 32.2. The van der Waals surface area contributed by atoms with E-state index in [1.54, 1.807) is 11.8 Å². The Balaban J connectivity index is 2.12. The second-order valence-electron chi connectivity index (χ2n) is 6.00. The molecule has 3 N–H and O–H groups in total. The molecule has 0 saturated carbocycles. The zero-order valence-corrected chi connectivity index (χ0v) is 14.8. The fourth-order valence-corrected chi connectivity index (χ4v) is 3.63. The highest BCUT2D eigenvalue weighted by Crippen LogP contribution is 2.31. The number of nitrogens with one attached hydrogen (secondary N) is 1. The van der Waals surface area contributed by atoms with E-state index >= 15 is 0 Å². The molecule has 0 radical (unpaired) electrons. The number of aryl methyl sites for hydroxylation is 1. The number of rotatable bonds is 6. The number of ether oxygens (including phenoxy) is 1. The normalized spacial score (nSPS) is 20.9. The molecule has 2 aromatic rings. The fourth-order valence-electron chi connectivity index (χ4n) is 3.26. The zero-order chi connectivity index (χ0) is 17.3. The molecule has 9 heteroatoms. The summed E-state index contributed by atoms with van der Waals surface area (Å²) in [6, 6.07) is 0. The van der Waals surface area contributed by atoms with Crippen molar-refractivity contribution in [3.8, 4) is 0 Å². The van der Waals surface area contributed by atoms with Crippen molar-refractivity contribution in [1.29, 1.82) is 0 Å².